The molecule has 0 aromatic carbocycles. The van der Waals surface area contributed by atoms with Crippen molar-refractivity contribution in [3.63, 3.8) is 0 Å². The van der Waals surface area contributed by atoms with Gasteiger partial charge in [-0.2, -0.15) is 0 Å². The summed E-state index contributed by atoms with van der Waals surface area (Å²) in [4.78, 5) is 0. The van der Waals surface area contributed by atoms with Crippen LogP contribution in [-0.4, -0.2) is 18.5 Å². The number of hydrogen-bond acceptors (Lipinski definition) is 1. The molecular weight excluding hydrogens is 335 g/mol. The third-order valence-electron chi connectivity index (χ3n) is 6.40. The van der Waals surface area contributed by atoms with Crippen LogP contribution in [0.15, 0.2) is 0 Å². The van der Waals surface area contributed by atoms with Crippen LogP contribution in [0.3, 0.4) is 0 Å². The molecule has 2 heteroatoms. The molecule has 26 heavy (non-hydrogen) atoms. The van der Waals surface area contributed by atoms with E-state index in [1.807, 2.05) is 0 Å². The van der Waals surface area contributed by atoms with Crippen LogP contribution in [0, 0.1) is 17.8 Å². The van der Waals surface area contributed by atoms with Gasteiger partial charge in [-0.05, 0) is 17.8 Å². The minimum atomic E-state index is -2.06. The van der Waals surface area contributed by atoms with Gasteiger partial charge in [-0.1, -0.05) is 119 Å². The second-order valence-corrected chi connectivity index (χ2v) is 12.1. The van der Waals surface area contributed by atoms with Gasteiger partial charge in [-0.3, -0.25) is 0 Å². The molecule has 0 saturated heterocycles. The molecule has 0 heterocycles. The van der Waals surface area contributed by atoms with Crippen LogP contribution in [0.2, 0.25) is 0 Å². The van der Waals surface area contributed by atoms with Gasteiger partial charge in [0.25, 0.3) is 0 Å². The van der Waals surface area contributed by atoms with E-state index in [1.54, 1.807) is 0 Å². The van der Waals surface area contributed by atoms with Crippen molar-refractivity contribution < 1.29 is 4.57 Å². The van der Waals surface area contributed by atoms with Gasteiger partial charge in [0.2, 0.25) is 0 Å². The summed E-state index contributed by atoms with van der Waals surface area (Å²) in [6.45, 7) is 13.8. The first-order chi connectivity index (χ1) is 12.5. The summed E-state index contributed by atoms with van der Waals surface area (Å²) in [7, 11) is -2.06. The Bertz CT molecular complexity index is 300. The van der Waals surface area contributed by atoms with Crippen LogP contribution < -0.4 is 0 Å². The molecule has 0 aromatic heterocycles. The zero-order chi connectivity index (χ0) is 19.8. The van der Waals surface area contributed by atoms with Crippen molar-refractivity contribution in [2.75, 3.05) is 18.5 Å². The molecule has 158 valence electrons. The molecule has 0 amide bonds. The molecule has 0 spiro atoms. The molecule has 0 saturated carbocycles. The van der Waals surface area contributed by atoms with E-state index < -0.39 is 7.14 Å². The van der Waals surface area contributed by atoms with Crippen LogP contribution in [-0.2, 0) is 4.57 Å². The maximum atomic E-state index is 14.2. The Hall–Kier alpha value is 0.230. The highest BCUT2D eigenvalue weighted by atomic mass is 31.2. The second-order valence-electron chi connectivity index (χ2n) is 8.86. The minimum absolute atomic E-state index is 0.688. The van der Waals surface area contributed by atoms with Gasteiger partial charge >= 0.3 is 0 Å². The van der Waals surface area contributed by atoms with Crippen molar-refractivity contribution in [3.8, 4) is 0 Å². The number of unbranched alkanes of at least 4 members (excludes halogenated alkanes) is 3. The third kappa shape index (κ3) is 11.8. The molecule has 0 aliphatic rings. The normalized spacial score (nSPS) is 15.8. The van der Waals surface area contributed by atoms with Gasteiger partial charge in [0.05, 0.1) is 7.14 Å². The summed E-state index contributed by atoms with van der Waals surface area (Å²) in [6.07, 6.45) is 18.3. The Labute approximate surface area is 166 Å². The predicted molar refractivity (Wildman–Crippen MR) is 122 cm³/mol. The molecule has 0 fully saturated rings. The third-order valence-corrected chi connectivity index (χ3v) is 9.95. The predicted octanol–water partition coefficient (Wildman–Crippen LogP) is 9.00. The van der Waals surface area contributed by atoms with Gasteiger partial charge < -0.3 is 4.57 Å². The molecule has 0 bridgehead atoms. The van der Waals surface area contributed by atoms with E-state index in [2.05, 4.69) is 41.5 Å². The molecule has 0 N–H and O–H groups in total. The first-order valence-corrected chi connectivity index (χ1v) is 14.3. The maximum Gasteiger partial charge on any atom is 0.0885 e. The van der Waals surface area contributed by atoms with Crippen molar-refractivity contribution >= 4 is 7.14 Å². The largest absolute Gasteiger partial charge is 0.324 e. The molecule has 0 rings (SSSR count). The fraction of sp³-hybridized carbons (Fsp3) is 1.00. The average molecular weight is 387 g/mol. The van der Waals surface area contributed by atoms with Gasteiger partial charge in [0.1, 0.15) is 0 Å². The lowest BCUT2D eigenvalue weighted by atomic mass is 10.0. The molecule has 0 aliphatic carbocycles. The Morgan fingerprint density at radius 2 is 0.808 bits per heavy atom. The van der Waals surface area contributed by atoms with Crippen molar-refractivity contribution in [2.24, 2.45) is 17.8 Å². The summed E-state index contributed by atoms with van der Waals surface area (Å²) >= 11 is 0. The summed E-state index contributed by atoms with van der Waals surface area (Å²) in [5.74, 6) is 2.06. The topological polar surface area (TPSA) is 17.1 Å². The molecule has 0 aliphatic heterocycles. The van der Waals surface area contributed by atoms with E-state index in [1.165, 1.54) is 77.0 Å². The molecule has 0 radical (unpaired) electrons. The Kier molecular flexibility index (Phi) is 16.4. The highest BCUT2D eigenvalue weighted by molar-refractivity contribution is 7.63. The lowest BCUT2D eigenvalue weighted by molar-refractivity contribution is 0.446. The molecule has 1 nitrogen and oxygen atoms in total. The molecule has 0 aromatic rings. The lowest BCUT2D eigenvalue weighted by Crippen LogP contribution is -2.18. The van der Waals surface area contributed by atoms with Crippen molar-refractivity contribution in [1.29, 1.82) is 0 Å². The minimum Gasteiger partial charge on any atom is -0.324 e. The van der Waals surface area contributed by atoms with E-state index in [-0.39, 0.29) is 0 Å². The van der Waals surface area contributed by atoms with Crippen LogP contribution in [0.5, 0.6) is 0 Å². The van der Waals surface area contributed by atoms with Crippen molar-refractivity contribution in [2.45, 2.75) is 119 Å². The van der Waals surface area contributed by atoms with Gasteiger partial charge in [-0.25, -0.2) is 0 Å². The van der Waals surface area contributed by atoms with Crippen LogP contribution in [0.1, 0.15) is 119 Å². The number of hydrogen-bond donors (Lipinski definition) is 0. The van der Waals surface area contributed by atoms with E-state index in [0.29, 0.717) is 17.8 Å². The average Bonchev–Trinajstić information content (AvgIpc) is 2.65. The van der Waals surface area contributed by atoms with E-state index in [9.17, 15) is 4.57 Å². The Balaban J connectivity index is 5.16. The SMILES string of the molecule is CCCC[C@@H](CC)CP(=O)(C[C@@H](CC)CCCC)C[C@@H](CC)CCCC. The zero-order valence-corrected chi connectivity index (χ0v) is 20.1. The van der Waals surface area contributed by atoms with E-state index in [4.69, 9.17) is 0 Å². The van der Waals surface area contributed by atoms with Crippen LogP contribution in [0.25, 0.3) is 0 Å². The van der Waals surface area contributed by atoms with Gasteiger partial charge in [0, 0.05) is 18.5 Å². The summed E-state index contributed by atoms with van der Waals surface area (Å²) in [5, 5.41) is 0. The smallest absolute Gasteiger partial charge is 0.0885 e. The first kappa shape index (κ1) is 26.2. The lowest BCUT2D eigenvalue weighted by Gasteiger charge is -2.30. The highest BCUT2D eigenvalue weighted by Crippen LogP contribution is 2.53. The van der Waals surface area contributed by atoms with Gasteiger partial charge in [0.15, 0.2) is 0 Å². The summed E-state index contributed by atoms with van der Waals surface area (Å²) < 4.78 is 14.2. The standard InChI is InChI=1S/C24H51OP/c1-7-13-16-22(10-4)19-26(25,20-23(11-5)17-14-8-2)21-24(12-6)18-15-9-3/h22-24H,7-21H2,1-6H3/t22-,23-,24+/m0/s1. The number of rotatable bonds is 18. The Morgan fingerprint density at radius 3 is 1.00 bits per heavy atom. The monoisotopic (exact) mass is 386 g/mol. The van der Waals surface area contributed by atoms with Crippen molar-refractivity contribution in [3.05, 3.63) is 0 Å². The summed E-state index contributed by atoms with van der Waals surface area (Å²) in [5.41, 5.74) is 0. The molecule has 0 unspecified atom stereocenters. The molecular formula is C24H51OP. The molecule has 3 atom stereocenters. The quantitative estimate of drug-likeness (QED) is 0.215. The van der Waals surface area contributed by atoms with Crippen molar-refractivity contribution in [1.82, 2.24) is 0 Å². The van der Waals surface area contributed by atoms with Crippen LogP contribution in [0.4, 0.5) is 0 Å². The second kappa shape index (κ2) is 16.2. The Morgan fingerprint density at radius 1 is 0.538 bits per heavy atom. The highest BCUT2D eigenvalue weighted by Gasteiger charge is 2.31. The maximum absolute atomic E-state index is 14.2. The van der Waals surface area contributed by atoms with E-state index in [0.717, 1.165) is 18.5 Å². The fourth-order valence-corrected chi connectivity index (χ4v) is 8.98. The fourth-order valence-electron chi connectivity index (χ4n) is 4.39. The van der Waals surface area contributed by atoms with E-state index >= 15 is 0 Å². The zero-order valence-electron chi connectivity index (χ0n) is 19.2. The van der Waals surface area contributed by atoms with Crippen LogP contribution >= 0.6 is 7.14 Å². The van der Waals surface area contributed by atoms with Gasteiger partial charge in [-0.15, -0.1) is 0 Å². The first-order valence-electron chi connectivity index (χ1n) is 12.0. The summed E-state index contributed by atoms with van der Waals surface area (Å²) in [6, 6.07) is 0.